The number of aromatic amines is 1. The number of fused-ring (bicyclic) bond motifs is 1. The van der Waals surface area contributed by atoms with Crippen LogP contribution in [0.2, 0.25) is 0 Å². The van der Waals surface area contributed by atoms with E-state index in [-0.39, 0.29) is 12.8 Å². The molecule has 1 heterocycles. The molecule has 0 radical (unpaired) electrons. The van der Waals surface area contributed by atoms with E-state index in [0.717, 1.165) is 11.4 Å². The minimum atomic E-state index is -2.53. The molecule has 0 spiro atoms. The van der Waals surface area contributed by atoms with E-state index in [0.29, 0.717) is 12.0 Å². The minimum absolute atomic E-state index is 0.0652. The molecule has 2 nitrogen and oxygen atoms in total. The third-order valence-electron chi connectivity index (χ3n) is 2.32. The highest BCUT2D eigenvalue weighted by molar-refractivity contribution is 5.28. The van der Waals surface area contributed by atoms with Crippen LogP contribution in [0, 0.1) is 6.92 Å². The quantitative estimate of drug-likeness (QED) is 0.635. The summed E-state index contributed by atoms with van der Waals surface area (Å²) in [6.45, 7) is 1.78. The number of rotatable bonds is 0. The lowest BCUT2D eigenvalue weighted by Gasteiger charge is -2.20. The number of aryl methyl sites for hydroxylation is 2. The molecule has 66 valence electrons. The molecule has 2 rings (SSSR count). The molecule has 0 aromatic carbocycles. The Morgan fingerprint density at radius 1 is 1.50 bits per heavy atom. The zero-order chi connectivity index (χ0) is 8.77. The summed E-state index contributed by atoms with van der Waals surface area (Å²) in [5.74, 6) is -2.53. The molecular weight excluding hydrogens is 162 g/mol. The predicted octanol–water partition coefficient (Wildman–Crippen LogP) is 1.84. The molecule has 1 aliphatic carbocycles. The van der Waals surface area contributed by atoms with Gasteiger partial charge in [0.2, 0.25) is 0 Å². The van der Waals surface area contributed by atoms with Crippen LogP contribution in [0.3, 0.4) is 0 Å². The molecule has 0 aliphatic heterocycles. The Balaban J connectivity index is 2.38. The fraction of sp³-hybridized carbons (Fsp3) is 0.625. The fourth-order valence-electron chi connectivity index (χ4n) is 1.59. The van der Waals surface area contributed by atoms with Gasteiger partial charge in [0, 0.05) is 24.1 Å². The molecule has 4 heteroatoms. The Labute approximate surface area is 69.0 Å². The van der Waals surface area contributed by atoms with Gasteiger partial charge in [0.15, 0.2) is 0 Å². The molecule has 0 unspecified atom stereocenters. The fourth-order valence-corrected chi connectivity index (χ4v) is 1.59. The van der Waals surface area contributed by atoms with Crippen LogP contribution >= 0.6 is 0 Å². The molecule has 0 fully saturated rings. The first-order chi connectivity index (χ1) is 5.58. The van der Waals surface area contributed by atoms with Gasteiger partial charge in [-0.15, -0.1) is 0 Å². The predicted molar refractivity (Wildman–Crippen MR) is 40.3 cm³/mol. The monoisotopic (exact) mass is 172 g/mol. The van der Waals surface area contributed by atoms with Gasteiger partial charge in [0.1, 0.15) is 0 Å². The first-order valence-corrected chi connectivity index (χ1v) is 3.99. The van der Waals surface area contributed by atoms with Crippen molar-refractivity contribution in [2.45, 2.75) is 32.1 Å². The van der Waals surface area contributed by atoms with Crippen LogP contribution in [0.15, 0.2) is 0 Å². The number of hydrogen-bond donors (Lipinski definition) is 1. The summed E-state index contributed by atoms with van der Waals surface area (Å²) in [7, 11) is 0. The third kappa shape index (κ3) is 1.11. The van der Waals surface area contributed by atoms with E-state index in [4.69, 9.17) is 0 Å². The Morgan fingerprint density at radius 2 is 2.25 bits per heavy atom. The van der Waals surface area contributed by atoms with Gasteiger partial charge in [-0.3, -0.25) is 5.10 Å². The van der Waals surface area contributed by atoms with E-state index < -0.39 is 5.92 Å². The number of aromatic nitrogens is 2. The average Bonchev–Trinajstić information content (AvgIpc) is 2.31. The zero-order valence-electron chi connectivity index (χ0n) is 6.82. The topological polar surface area (TPSA) is 28.7 Å². The van der Waals surface area contributed by atoms with E-state index in [9.17, 15) is 8.78 Å². The Hall–Kier alpha value is -0.930. The molecule has 1 aliphatic rings. The molecule has 0 bridgehead atoms. The summed E-state index contributed by atoms with van der Waals surface area (Å²) in [5, 5.41) is 6.70. The molecule has 0 saturated carbocycles. The van der Waals surface area contributed by atoms with E-state index in [1.807, 2.05) is 0 Å². The van der Waals surface area contributed by atoms with Crippen molar-refractivity contribution in [3.05, 3.63) is 17.0 Å². The Morgan fingerprint density at radius 3 is 3.00 bits per heavy atom. The largest absolute Gasteiger partial charge is 0.282 e. The number of H-pyrrole nitrogens is 1. The Bertz CT molecular complexity index is 304. The molecule has 1 N–H and O–H groups in total. The van der Waals surface area contributed by atoms with Crippen LogP contribution in [-0.4, -0.2) is 16.1 Å². The SMILES string of the molecule is Cc1[nH]nc2c1CC(F)(F)CC2. The van der Waals surface area contributed by atoms with Crippen LogP contribution < -0.4 is 0 Å². The van der Waals surface area contributed by atoms with Crippen molar-refractivity contribution < 1.29 is 8.78 Å². The second-order valence-corrected chi connectivity index (χ2v) is 3.31. The highest BCUT2D eigenvalue weighted by Crippen LogP contribution is 2.32. The molecule has 1 aromatic heterocycles. The van der Waals surface area contributed by atoms with Crippen molar-refractivity contribution in [2.24, 2.45) is 0 Å². The van der Waals surface area contributed by atoms with E-state index in [1.165, 1.54) is 0 Å². The molecular formula is C8H10F2N2. The van der Waals surface area contributed by atoms with E-state index in [1.54, 1.807) is 6.92 Å². The number of hydrogen-bond acceptors (Lipinski definition) is 1. The lowest BCUT2D eigenvalue weighted by Crippen LogP contribution is -2.25. The summed E-state index contributed by atoms with van der Waals surface area (Å²) in [4.78, 5) is 0. The minimum Gasteiger partial charge on any atom is -0.282 e. The number of nitrogens with zero attached hydrogens (tertiary/aromatic N) is 1. The van der Waals surface area contributed by atoms with E-state index in [2.05, 4.69) is 10.2 Å². The normalized spacial score (nSPS) is 20.6. The molecule has 0 amide bonds. The second-order valence-electron chi connectivity index (χ2n) is 3.31. The summed E-state index contributed by atoms with van der Waals surface area (Å²) in [5.41, 5.74) is 2.31. The van der Waals surface area contributed by atoms with Gasteiger partial charge in [0.25, 0.3) is 5.92 Å². The van der Waals surface area contributed by atoms with Gasteiger partial charge < -0.3 is 0 Å². The van der Waals surface area contributed by atoms with E-state index >= 15 is 0 Å². The van der Waals surface area contributed by atoms with Gasteiger partial charge in [0.05, 0.1) is 5.69 Å². The number of nitrogens with one attached hydrogen (secondary N) is 1. The molecule has 0 saturated heterocycles. The number of halogens is 2. The van der Waals surface area contributed by atoms with Crippen LogP contribution in [0.25, 0.3) is 0 Å². The van der Waals surface area contributed by atoms with Crippen molar-refractivity contribution in [1.82, 2.24) is 10.2 Å². The maximum atomic E-state index is 12.9. The maximum Gasteiger partial charge on any atom is 0.252 e. The van der Waals surface area contributed by atoms with Crippen molar-refractivity contribution in [3.63, 3.8) is 0 Å². The maximum absolute atomic E-state index is 12.9. The lowest BCUT2D eigenvalue weighted by atomic mass is 9.93. The van der Waals surface area contributed by atoms with Crippen molar-refractivity contribution in [3.8, 4) is 0 Å². The van der Waals surface area contributed by atoms with Crippen LogP contribution in [-0.2, 0) is 12.8 Å². The third-order valence-corrected chi connectivity index (χ3v) is 2.32. The molecule has 0 atom stereocenters. The van der Waals surface area contributed by atoms with Crippen LogP contribution in [0.5, 0.6) is 0 Å². The van der Waals surface area contributed by atoms with Gasteiger partial charge in [-0.1, -0.05) is 0 Å². The van der Waals surface area contributed by atoms with Crippen molar-refractivity contribution >= 4 is 0 Å². The lowest BCUT2D eigenvalue weighted by molar-refractivity contribution is -0.0126. The summed E-state index contributed by atoms with van der Waals surface area (Å²) in [6, 6.07) is 0. The van der Waals surface area contributed by atoms with Crippen molar-refractivity contribution in [2.75, 3.05) is 0 Å². The Kier molecular flexibility index (Phi) is 1.46. The van der Waals surface area contributed by atoms with Crippen LogP contribution in [0.4, 0.5) is 8.78 Å². The van der Waals surface area contributed by atoms with Gasteiger partial charge in [-0.05, 0) is 13.3 Å². The second kappa shape index (κ2) is 2.28. The highest BCUT2D eigenvalue weighted by atomic mass is 19.3. The first-order valence-electron chi connectivity index (χ1n) is 3.99. The van der Waals surface area contributed by atoms with Gasteiger partial charge in [-0.25, -0.2) is 8.78 Å². The highest BCUT2D eigenvalue weighted by Gasteiger charge is 2.35. The van der Waals surface area contributed by atoms with Gasteiger partial charge >= 0.3 is 0 Å². The van der Waals surface area contributed by atoms with Crippen LogP contribution in [0.1, 0.15) is 23.4 Å². The standard InChI is InChI=1S/C8H10F2N2/c1-5-6-4-8(9,10)3-2-7(6)12-11-5/h2-4H2,1H3,(H,11,12). The molecule has 12 heavy (non-hydrogen) atoms. The first kappa shape index (κ1) is 7.71. The number of alkyl halides is 2. The van der Waals surface area contributed by atoms with Crippen molar-refractivity contribution in [1.29, 1.82) is 0 Å². The smallest absolute Gasteiger partial charge is 0.252 e. The summed E-state index contributed by atoms with van der Waals surface area (Å²) >= 11 is 0. The summed E-state index contributed by atoms with van der Waals surface area (Å²) < 4.78 is 25.8. The summed E-state index contributed by atoms with van der Waals surface area (Å²) in [6.07, 6.45) is 0.182. The average molecular weight is 172 g/mol. The zero-order valence-corrected chi connectivity index (χ0v) is 6.82. The molecule has 1 aromatic rings. The van der Waals surface area contributed by atoms with Gasteiger partial charge in [-0.2, -0.15) is 5.10 Å².